The molecule has 35 nitrogen and oxygen atoms in total. The molecule has 0 aromatic carbocycles. The van der Waals surface area contributed by atoms with E-state index in [-0.39, 0.29) is 116 Å². The minimum Gasteiger partial charge on any atom is -0.463 e. The number of esters is 9. The van der Waals surface area contributed by atoms with Gasteiger partial charge in [-0.25, -0.2) is 14.4 Å². The molecule has 8 fully saturated rings. The highest BCUT2D eigenvalue weighted by Gasteiger charge is 2.37. The molecule has 4 amide bonds. The SMILES string of the molecule is CCC(C)(C)C(=O)N1CCOCC1.CCC(C)(C)C(=O)NCC(=O)OC1CCCCO1.CCC(C)(C)C(=O)NCC(=O)OC1CCCO1.CCC(C)(C)C(=O)OC1CCCCO1.CCC(C)(C)C(=O)OC1CCCO1.CCC(C)(C)C(=O)OCC(=O)OC1CCCCO1.CCC(C)(C)C(=O)OCC(=O)OC1CCCO1.CCC(C)(C)C(=O)OCCNC(=O)OC1CCCCO1. The standard InChI is InChI=1S/C14H25NO5.C13H23NO4.C13H22O5.C12H21NO4.C12H20O5.C11H20O3.C10H19NO2.C10H18O3/c1-4-14(2,3)12(16)19-10-8-15-13(17)20-11-7-5-6-9-18-11;1-4-13(2,3)12(16)14-9-10(15)18-11-7-5-6-8-17-11;1-4-13(2,3)12(15)17-9-10(14)18-11-7-5-6-8-16-11;1-4-12(2,3)11(15)13-8-9(14)17-10-6-5-7-16-10;1-4-12(2,3)11(14)16-8-9(13)17-10-6-5-7-15-10;1-4-11(2,3)10(12)14-9-7-5-6-8-13-9;1-4-10(2,3)9(12)11-5-7-13-8-6-11;1-4-10(2,3)9(11)13-8-6-5-7-12-8/h11H,4-10H2,1-3H3,(H,15,17);11H,4-9H2,1-3H3,(H,14,16);11H,4-9H2,1-3H3;10H,4-8H2,1-3H3,(H,13,15);10H,4-8H2,1-3H3;9H,4-8H2,1-3H3;4-8H2,1-3H3;8H,4-7H2,1-3H3. The summed E-state index contributed by atoms with van der Waals surface area (Å²) in [6.45, 7) is 52.3. The number of hydrogen-bond acceptors (Lipinski definition) is 31. The van der Waals surface area contributed by atoms with E-state index in [4.69, 9.17) is 85.3 Å². The molecule has 8 aliphatic rings. The molecule has 8 heterocycles. The molecule has 0 aliphatic carbocycles. The van der Waals surface area contributed by atoms with Crippen LogP contribution in [0.4, 0.5) is 4.79 Å². The predicted molar refractivity (Wildman–Crippen MR) is 481 cm³/mol. The van der Waals surface area contributed by atoms with E-state index in [1.807, 2.05) is 136 Å². The molecule has 0 spiro atoms. The van der Waals surface area contributed by atoms with Crippen molar-refractivity contribution in [2.75, 3.05) is 112 Å². The summed E-state index contributed by atoms with van der Waals surface area (Å²) in [4.78, 5) is 153. The van der Waals surface area contributed by atoms with Crippen LogP contribution in [0.1, 0.15) is 333 Å². The lowest BCUT2D eigenvalue weighted by molar-refractivity contribution is -0.196. The van der Waals surface area contributed by atoms with Crippen LogP contribution in [-0.2, 0) is 143 Å². The summed E-state index contributed by atoms with van der Waals surface area (Å²) < 4.78 is 92.6. The second kappa shape index (κ2) is 63.0. The Morgan fingerprint density at radius 1 is 0.277 bits per heavy atom. The number of ether oxygens (including phenoxy) is 18. The zero-order chi connectivity index (χ0) is 98.4. The van der Waals surface area contributed by atoms with E-state index in [0.29, 0.717) is 91.6 Å². The Kier molecular flexibility index (Phi) is 58.4. The van der Waals surface area contributed by atoms with Crippen molar-refractivity contribution < 1.29 is 148 Å². The fraction of sp³-hybridized carbons (Fsp3) is 0.863. The third kappa shape index (κ3) is 50.6. The smallest absolute Gasteiger partial charge is 0.409 e. The number of nitrogens with one attached hydrogen (secondary N) is 3. The van der Waals surface area contributed by atoms with Gasteiger partial charge in [0.05, 0.1) is 93.1 Å². The van der Waals surface area contributed by atoms with E-state index in [9.17, 15) is 62.3 Å². The molecule has 754 valence electrons. The van der Waals surface area contributed by atoms with E-state index >= 15 is 0 Å². The maximum Gasteiger partial charge on any atom is 0.409 e. The summed E-state index contributed by atoms with van der Waals surface area (Å²) in [5.74, 6) is -3.33. The van der Waals surface area contributed by atoms with Gasteiger partial charge in [0.1, 0.15) is 19.7 Å². The van der Waals surface area contributed by atoms with Crippen LogP contribution >= 0.6 is 0 Å². The van der Waals surface area contributed by atoms with E-state index in [2.05, 4.69) is 22.9 Å². The summed E-state index contributed by atoms with van der Waals surface area (Å²) in [7, 11) is 0. The molecule has 0 saturated carbocycles. The third-order valence-corrected chi connectivity index (χ3v) is 24.0. The third-order valence-electron chi connectivity index (χ3n) is 24.0. The van der Waals surface area contributed by atoms with Gasteiger partial charge >= 0.3 is 59.8 Å². The average Bonchev–Trinajstić information content (AvgIpc) is 1.23. The molecule has 8 aliphatic heterocycles. The van der Waals surface area contributed by atoms with Crippen LogP contribution in [0.15, 0.2) is 0 Å². The summed E-state index contributed by atoms with van der Waals surface area (Å²) in [5, 5.41) is 7.71. The van der Waals surface area contributed by atoms with Gasteiger partial charge in [0, 0.05) is 74.3 Å². The van der Waals surface area contributed by atoms with Crippen molar-refractivity contribution >= 4 is 77.5 Å². The van der Waals surface area contributed by atoms with E-state index in [1.54, 1.807) is 27.7 Å². The number of carbonyl (C=O) groups is 13. The molecule has 7 atom stereocenters. The maximum atomic E-state index is 11.9. The zero-order valence-corrected chi connectivity index (χ0v) is 83.5. The van der Waals surface area contributed by atoms with E-state index in [0.717, 1.165) is 148 Å². The van der Waals surface area contributed by atoms with E-state index < -0.39 is 88.5 Å². The molecule has 3 N–H and O–H groups in total. The van der Waals surface area contributed by atoms with Crippen LogP contribution in [0, 0.1) is 43.3 Å². The zero-order valence-electron chi connectivity index (χ0n) is 83.5. The number of carbonyl (C=O) groups excluding carboxylic acids is 13. The van der Waals surface area contributed by atoms with Gasteiger partial charge in [0.25, 0.3) is 0 Å². The molecule has 7 unspecified atom stereocenters. The lowest BCUT2D eigenvalue weighted by Gasteiger charge is -2.33. The minimum atomic E-state index is -0.568. The molecule has 130 heavy (non-hydrogen) atoms. The number of nitrogens with zero attached hydrogens (tertiary/aromatic N) is 1. The Morgan fingerprint density at radius 3 is 0.800 bits per heavy atom. The number of amides is 4. The van der Waals surface area contributed by atoms with Crippen LogP contribution in [0.5, 0.6) is 0 Å². The van der Waals surface area contributed by atoms with Crippen LogP contribution < -0.4 is 16.0 Å². The van der Waals surface area contributed by atoms with Crippen molar-refractivity contribution in [1.82, 2.24) is 20.9 Å². The first-order chi connectivity index (χ1) is 61.0. The van der Waals surface area contributed by atoms with Crippen LogP contribution in [0.3, 0.4) is 0 Å². The lowest BCUT2D eigenvalue weighted by Crippen LogP contribution is -2.46. The van der Waals surface area contributed by atoms with Crippen LogP contribution in [0.2, 0.25) is 0 Å². The summed E-state index contributed by atoms with van der Waals surface area (Å²) in [5.41, 5.74) is -3.52. The first kappa shape index (κ1) is 121. The van der Waals surface area contributed by atoms with Gasteiger partial charge in [-0.2, -0.15) is 0 Å². The van der Waals surface area contributed by atoms with Gasteiger partial charge < -0.3 is 106 Å². The molecular weight excluding hydrogens is 1690 g/mol. The Morgan fingerprint density at radius 2 is 0.531 bits per heavy atom. The Labute approximate surface area is 775 Å². The van der Waals surface area contributed by atoms with Gasteiger partial charge in [0.2, 0.25) is 61.8 Å². The van der Waals surface area contributed by atoms with Crippen molar-refractivity contribution in [2.45, 2.75) is 377 Å². The minimum absolute atomic E-state index is 0.0951. The van der Waals surface area contributed by atoms with Crippen LogP contribution in [0.25, 0.3) is 0 Å². The highest BCUT2D eigenvalue weighted by Crippen LogP contribution is 2.30. The molecule has 0 aromatic rings. The molecule has 8 rings (SSSR count). The first-order valence-corrected chi connectivity index (χ1v) is 47.4. The maximum absolute atomic E-state index is 11.9. The fourth-order valence-electron chi connectivity index (χ4n) is 10.9. The first-order valence-electron chi connectivity index (χ1n) is 47.4. The van der Waals surface area contributed by atoms with Gasteiger partial charge in [-0.05, 0) is 191 Å². The van der Waals surface area contributed by atoms with Crippen molar-refractivity contribution in [3.8, 4) is 0 Å². The largest absolute Gasteiger partial charge is 0.463 e. The lowest BCUT2D eigenvalue weighted by atomic mass is 9.88. The fourth-order valence-corrected chi connectivity index (χ4v) is 10.9. The molecular formula is C95H168N4O31. The highest BCUT2D eigenvalue weighted by molar-refractivity contribution is 5.87. The van der Waals surface area contributed by atoms with E-state index in [1.165, 1.54) is 0 Å². The summed E-state index contributed by atoms with van der Waals surface area (Å²) in [6, 6.07) is 0. The van der Waals surface area contributed by atoms with Gasteiger partial charge in [-0.3, -0.25) is 47.9 Å². The van der Waals surface area contributed by atoms with Gasteiger partial charge in [-0.15, -0.1) is 0 Å². The van der Waals surface area contributed by atoms with Crippen molar-refractivity contribution in [3.05, 3.63) is 0 Å². The number of rotatable bonds is 34. The topological polar surface area (TPSA) is 427 Å². The summed E-state index contributed by atoms with van der Waals surface area (Å²) in [6.07, 6.45) is 18.8. The molecule has 35 heteroatoms. The summed E-state index contributed by atoms with van der Waals surface area (Å²) >= 11 is 0. The normalized spacial score (nSPS) is 20.5. The average molecular weight is 1860 g/mol. The number of alkyl carbamates (subject to hydrolysis) is 1. The monoisotopic (exact) mass is 1860 g/mol. The van der Waals surface area contributed by atoms with Gasteiger partial charge in [0.15, 0.2) is 13.2 Å². The Bertz CT molecular complexity index is 3190. The van der Waals surface area contributed by atoms with Crippen LogP contribution in [-0.4, -0.2) is 238 Å². The predicted octanol–water partition coefficient (Wildman–Crippen LogP) is 14.6. The molecule has 0 radical (unpaired) electrons. The Balaban J connectivity index is 0.000000746. The molecule has 0 bridgehead atoms. The molecule has 0 aromatic heterocycles. The van der Waals surface area contributed by atoms with Crippen molar-refractivity contribution in [3.63, 3.8) is 0 Å². The second-order valence-corrected chi connectivity index (χ2v) is 38.1. The Hall–Kier alpha value is -7.41. The number of morpholine rings is 1. The molecule has 8 saturated heterocycles. The quantitative estimate of drug-likeness (QED) is 0.0306. The highest BCUT2D eigenvalue weighted by atomic mass is 16.7. The van der Waals surface area contributed by atoms with Crippen molar-refractivity contribution in [2.24, 2.45) is 43.3 Å². The number of hydrogen-bond donors (Lipinski definition) is 3. The second-order valence-electron chi connectivity index (χ2n) is 38.1. The van der Waals surface area contributed by atoms with Crippen molar-refractivity contribution in [1.29, 1.82) is 0 Å². The van der Waals surface area contributed by atoms with Gasteiger partial charge in [-0.1, -0.05) is 96.9 Å².